The smallest absolute Gasteiger partial charge is 0.277 e. The van der Waals surface area contributed by atoms with E-state index >= 15 is 0 Å². The molecule has 2 aromatic carbocycles. The molecular formula is C38H42Cl2N8O5. The molecule has 1 aliphatic heterocycles. The maximum absolute atomic E-state index is 13.4. The standard InChI is InChI=1S/C38H42Cl2N8O5/c1-46(2)34(51)16-25(49)19-42-20-32-45-48-21-23(15-31(48)38(52)47(32)3)26-7-5-8-27(35(26)39)28-9-6-10-29(36(28)40)30-13-11-22(37(44-30)53-4)17-41-18-24-12-14-33(50)43-24/h5-11,13,15,21,24-25,41-42,49H,12,14,16-20H2,1-4H3,(H,43,50)/t24-,25?/m0/s1. The Kier molecular flexibility index (Phi) is 11.8. The first-order chi connectivity index (χ1) is 25.4. The average Bonchev–Trinajstić information content (AvgIpc) is 3.76. The third-order valence-corrected chi connectivity index (χ3v) is 10.1. The van der Waals surface area contributed by atoms with Crippen LogP contribution < -0.4 is 26.2 Å². The van der Waals surface area contributed by atoms with Crippen LogP contribution in [-0.2, 0) is 29.7 Å². The highest BCUT2D eigenvalue weighted by Gasteiger charge is 2.22. The van der Waals surface area contributed by atoms with Crippen molar-refractivity contribution in [3.8, 4) is 39.4 Å². The summed E-state index contributed by atoms with van der Waals surface area (Å²) in [6.07, 6.45) is 2.24. The van der Waals surface area contributed by atoms with E-state index in [2.05, 4.69) is 21.0 Å². The van der Waals surface area contributed by atoms with Gasteiger partial charge in [0.1, 0.15) is 11.3 Å². The Morgan fingerprint density at radius 1 is 1.04 bits per heavy atom. The van der Waals surface area contributed by atoms with Crippen LogP contribution in [0, 0.1) is 0 Å². The number of amides is 2. The minimum absolute atomic E-state index is 0.0108. The summed E-state index contributed by atoms with van der Waals surface area (Å²) in [4.78, 5) is 43.0. The Hall–Kier alpha value is -4.79. The van der Waals surface area contributed by atoms with Crippen LogP contribution in [0.2, 0.25) is 10.0 Å². The minimum Gasteiger partial charge on any atom is -0.481 e. The van der Waals surface area contributed by atoms with Crippen molar-refractivity contribution in [3.63, 3.8) is 0 Å². The van der Waals surface area contributed by atoms with Gasteiger partial charge in [-0.05, 0) is 18.6 Å². The number of rotatable bonds is 14. The fraction of sp³-hybridized carbons (Fsp3) is 0.342. The molecule has 13 nitrogen and oxygen atoms in total. The second-order valence-electron chi connectivity index (χ2n) is 13.2. The van der Waals surface area contributed by atoms with E-state index in [-0.39, 0.29) is 42.9 Å². The van der Waals surface area contributed by atoms with Crippen molar-refractivity contribution in [2.45, 2.75) is 44.5 Å². The molecule has 1 saturated heterocycles. The number of aromatic nitrogens is 4. The molecule has 53 heavy (non-hydrogen) atoms. The lowest BCUT2D eigenvalue weighted by molar-refractivity contribution is -0.130. The second kappa shape index (κ2) is 16.5. The normalized spacial score (nSPS) is 14.8. The molecule has 0 radical (unpaired) electrons. The van der Waals surface area contributed by atoms with Gasteiger partial charge in [-0.3, -0.25) is 19.0 Å². The summed E-state index contributed by atoms with van der Waals surface area (Å²) in [7, 11) is 6.49. The lowest BCUT2D eigenvalue weighted by Gasteiger charge is -2.15. The number of pyridine rings is 1. The van der Waals surface area contributed by atoms with Gasteiger partial charge in [-0.1, -0.05) is 65.7 Å². The molecule has 0 bridgehead atoms. The van der Waals surface area contributed by atoms with E-state index in [1.807, 2.05) is 48.5 Å². The van der Waals surface area contributed by atoms with Crippen molar-refractivity contribution >= 4 is 40.5 Å². The molecule has 2 atom stereocenters. The van der Waals surface area contributed by atoms with Gasteiger partial charge in [0.15, 0.2) is 0 Å². The Morgan fingerprint density at radius 2 is 1.74 bits per heavy atom. The number of carbonyl (C=O) groups excluding carboxylic acids is 2. The highest BCUT2D eigenvalue weighted by molar-refractivity contribution is 6.39. The largest absolute Gasteiger partial charge is 0.481 e. The van der Waals surface area contributed by atoms with E-state index in [0.29, 0.717) is 80.3 Å². The number of carbonyl (C=O) groups is 2. The topological polar surface area (TPSA) is 155 Å². The molecule has 6 rings (SSSR count). The number of hydrogen-bond acceptors (Lipinski definition) is 9. The summed E-state index contributed by atoms with van der Waals surface area (Å²) in [5.41, 5.74) is 5.14. The molecular weight excluding hydrogens is 719 g/mol. The Labute approximate surface area is 316 Å². The molecule has 3 aromatic heterocycles. The van der Waals surface area contributed by atoms with Gasteiger partial charge in [0, 0.05) is 92.8 Å². The summed E-state index contributed by atoms with van der Waals surface area (Å²) in [6.45, 7) is 1.55. The van der Waals surface area contributed by atoms with E-state index in [1.165, 1.54) is 14.0 Å². The molecule has 2 amide bonds. The molecule has 1 aliphatic rings. The Morgan fingerprint density at radius 3 is 2.42 bits per heavy atom. The summed E-state index contributed by atoms with van der Waals surface area (Å²) in [5, 5.41) is 25.2. The number of fused-ring (bicyclic) bond motifs is 1. The molecule has 1 unspecified atom stereocenters. The minimum atomic E-state index is -0.876. The Bertz CT molecular complexity index is 2220. The number of nitrogens with zero attached hydrogens (tertiary/aromatic N) is 5. The number of aliphatic hydroxyl groups excluding tert-OH is 1. The number of methoxy groups -OCH3 is 1. The van der Waals surface area contributed by atoms with E-state index < -0.39 is 6.10 Å². The van der Waals surface area contributed by atoms with Gasteiger partial charge in [-0.15, -0.1) is 0 Å². The van der Waals surface area contributed by atoms with Gasteiger partial charge in [-0.2, -0.15) is 5.10 Å². The Balaban J connectivity index is 1.22. The zero-order chi connectivity index (χ0) is 37.8. The predicted octanol–water partition coefficient (Wildman–Crippen LogP) is 4.04. The van der Waals surface area contributed by atoms with Gasteiger partial charge in [0.25, 0.3) is 5.56 Å². The number of hydrogen-bond donors (Lipinski definition) is 4. The van der Waals surface area contributed by atoms with Crippen LogP contribution in [0.25, 0.3) is 39.0 Å². The van der Waals surface area contributed by atoms with Gasteiger partial charge < -0.3 is 30.7 Å². The van der Waals surface area contributed by atoms with Crippen molar-refractivity contribution in [1.82, 2.24) is 40.0 Å². The number of benzene rings is 2. The van der Waals surface area contributed by atoms with Crippen molar-refractivity contribution in [1.29, 1.82) is 0 Å². The number of aliphatic hydroxyl groups is 1. The zero-order valence-electron chi connectivity index (χ0n) is 30.0. The lowest BCUT2D eigenvalue weighted by atomic mass is 9.97. The van der Waals surface area contributed by atoms with Crippen LogP contribution in [-0.4, -0.2) is 87.4 Å². The molecule has 15 heteroatoms. The number of nitrogens with one attached hydrogen (secondary N) is 3. The maximum Gasteiger partial charge on any atom is 0.277 e. The first-order valence-corrected chi connectivity index (χ1v) is 18.0. The van der Waals surface area contributed by atoms with Crippen LogP contribution >= 0.6 is 23.2 Å². The van der Waals surface area contributed by atoms with Crippen molar-refractivity contribution in [3.05, 3.63) is 92.6 Å². The van der Waals surface area contributed by atoms with E-state index in [4.69, 9.17) is 32.9 Å². The van der Waals surface area contributed by atoms with Gasteiger partial charge in [0.05, 0.1) is 41.9 Å². The van der Waals surface area contributed by atoms with Crippen LogP contribution in [0.1, 0.15) is 30.7 Å². The number of ether oxygens (including phenoxy) is 1. The van der Waals surface area contributed by atoms with Crippen LogP contribution in [0.15, 0.2) is 65.6 Å². The van der Waals surface area contributed by atoms with Gasteiger partial charge in [0.2, 0.25) is 17.7 Å². The van der Waals surface area contributed by atoms with Crippen LogP contribution in [0.5, 0.6) is 5.88 Å². The fourth-order valence-corrected chi connectivity index (χ4v) is 6.99. The van der Waals surface area contributed by atoms with Gasteiger partial charge >= 0.3 is 0 Å². The molecule has 1 fully saturated rings. The highest BCUT2D eigenvalue weighted by Crippen LogP contribution is 2.42. The molecule has 4 heterocycles. The summed E-state index contributed by atoms with van der Waals surface area (Å²) < 4.78 is 8.62. The molecule has 0 saturated carbocycles. The van der Waals surface area contributed by atoms with Crippen LogP contribution in [0.3, 0.4) is 0 Å². The first kappa shape index (κ1) is 38.0. The van der Waals surface area contributed by atoms with E-state index in [0.717, 1.165) is 12.0 Å². The number of halogens is 2. The van der Waals surface area contributed by atoms with Crippen molar-refractivity contribution < 1.29 is 19.4 Å². The van der Waals surface area contributed by atoms with Crippen molar-refractivity contribution in [2.24, 2.45) is 7.05 Å². The highest BCUT2D eigenvalue weighted by atomic mass is 35.5. The maximum atomic E-state index is 13.4. The molecule has 4 N–H and O–H groups in total. The lowest BCUT2D eigenvalue weighted by Crippen LogP contribution is -2.35. The predicted molar refractivity (Wildman–Crippen MR) is 205 cm³/mol. The molecule has 5 aromatic rings. The van der Waals surface area contributed by atoms with Crippen LogP contribution in [0.4, 0.5) is 0 Å². The quantitative estimate of drug-likeness (QED) is 0.131. The van der Waals surface area contributed by atoms with Crippen molar-refractivity contribution in [2.75, 3.05) is 34.3 Å². The summed E-state index contributed by atoms with van der Waals surface area (Å²) >= 11 is 14.2. The van der Waals surface area contributed by atoms with E-state index in [9.17, 15) is 19.5 Å². The summed E-state index contributed by atoms with van der Waals surface area (Å²) in [5.74, 6) is 0.832. The second-order valence-corrected chi connectivity index (χ2v) is 14.0. The third kappa shape index (κ3) is 8.40. The fourth-order valence-electron chi connectivity index (χ4n) is 6.33. The monoisotopic (exact) mass is 760 g/mol. The SMILES string of the molecule is COc1nc(-c2cccc(-c3cccc(-c4cc5c(=O)n(C)c(CNCC(O)CC(=O)N(C)C)nn5c4)c3Cl)c2Cl)ccc1CNC[C@@H]1CCC(=O)N1. The molecule has 0 spiro atoms. The van der Waals surface area contributed by atoms with Gasteiger partial charge in [-0.25, -0.2) is 9.50 Å². The van der Waals surface area contributed by atoms with E-state index in [1.54, 1.807) is 40.5 Å². The zero-order valence-corrected chi connectivity index (χ0v) is 31.5. The summed E-state index contributed by atoms with van der Waals surface area (Å²) in [6, 6.07) is 17.1. The first-order valence-electron chi connectivity index (χ1n) is 17.2. The molecule has 278 valence electrons. The third-order valence-electron chi connectivity index (χ3n) is 9.30. The average molecular weight is 762 g/mol. The molecule has 0 aliphatic carbocycles.